The molecule has 0 amide bonds. The Balaban J connectivity index is 2.12. The molecule has 0 radical (unpaired) electrons. The molecule has 2 aromatic heterocycles. The second-order valence-electron chi connectivity index (χ2n) is 3.12. The van der Waals surface area contributed by atoms with Gasteiger partial charge in [-0.05, 0) is 18.6 Å². The largest absolute Gasteiger partial charge is 0.353 e. The Morgan fingerprint density at radius 2 is 2.43 bits per heavy atom. The van der Waals surface area contributed by atoms with Crippen LogP contribution in [0.2, 0.25) is 4.34 Å². The molecule has 0 saturated carbocycles. The molecule has 0 unspecified atom stereocenters. The van der Waals surface area contributed by atoms with Gasteiger partial charge in [-0.2, -0.15) is 0 Å². The van der Waals surface area contributed by atoms with Crippen LogP contribution in [-0.4, -0.2) is 11.7 Å². The molecule has 0 aromatic carbocycles. The van der Waals surface area contributed by atoms with Crippen LogP contribution >= 0.6 is 22.9 Å². The number of hydrogen-bond donors (Lipinski definition) is 1. The molecule has 0 atom stereocenters. The first-order chi connectivity index (χ1) is 6.84. The van der Waals surface area contributed by atoms with E-state index in [9.17, 15) is 0 Å². The molecule has 0 spiro atoms. The number of nitrogens with zero attached hydrogens (tertiary/aromatic N) is 1. The Morgan fingerprint density at radius 3 is 3.21 bits per heavy atom. The van der Waals surface area contributed by atoms with Crippen molar-refractivity contribution in [3.05, 3.63) is 22.0 Å². The first-order valence-corrected chi connectivity index (χ1v) is 5.52. The third-order valence-electron chi connectivity index (χ3n) is 2.26. The number of anilines is 1. The highest BCUT2D eigenvalue weighted by Gasteiger charge is 2.22. The first kappa shape index (κ1) is 8.32. The summed E-state index contributed by atoms with van der Waals surface area (Å²) in [5.41, 5.74) is 2.10. The van der Waals surface area contributed by atoms with Gasteiger partial charge in [0, 0.05) is 12.1 Å². The van der Waals surface area contributed by atoms with Crippen LogP contribution in [0.3, 0.4) is 0 Å². The molecule has 3 rings (SSSR count). The standard InChI is InChI=1S/C9H7ClN2OS/c10-7-2-1-6(14-7)8-5-3-4-11-9(5)13-12-8/h1-2,11H,3-4H2. The second-order valence-corrected chi connectivity index (χ2v) is 4.83. The summed E-state index contributed by atoms with van der Waals surface area (Å²) in [4.78, 5) is 1.07. The molecule has 0 bridgehead atoms. The number of nitrogens with one attached hydrogen (secondary N) is 1. The van der Waals surface area contributed by atoms with E-state index >= 15 is 0 Å². The van der Waals surface area contributed by atoms with E-state index < -0.39 is 0 Å². The Labute approximate surface area is 89.7 Å². The molecular weight excluding hydrogens is 220 g/mol. The van der Waals surface area contributed by atoms with Crippen LogP contribution in [0.4, 0.5) is 5.88 Å². The summed E-state index contributed by atoms with van der Waals surface area (Å²) in [5.74, 6) is 0.810. The van der Waals surface area contributed by atoms with Crippen molar-refractivity contribution in [2.24, 2.45) is 0 Å². The second kappa shape index (κ2) is 3.00. The first-order valence-electron chi connectivity index (χ1n) is 4.33. The van der Waals surface area contributed by atoms with Gasteiger partial charge in [-0.1, -0.05) is 16.8 Å². The van der Waals surface area contributed by atoms with Gasteiger partial charge < -0.3 is 9.84 Å². The lowest BCUT2D eigenvalue weighted by molar-refractivity contribution is 0.437. The third kappa shape index (κ3) is 1.14. The van der Waals surface area contributed by atoms with Gasteiger partial charge in [0.25, 0.3) is 0 Å². The Morgan fingerprint density at radius 1 is 1.50 bits per heavy atom. The summed E-state index contributed by atoms with van der Waals surface area (Å²) in [6.07, 6.45) is 0.976. The molecule has 3 heterocycles. The highest BCUT2D eigenvalue weighted by atomic mass is 35.5. The molecular formula is C9H7ClN2OS. The summed E-state index contributed by atoms with van der Waals surface area (Å²) in [6.45, 7) is 0.933. The molecule has 0 fully saturated rings. The third-order valence-corrected chi connectivity index (χ3v) is 3.49. The predicted octanol–water partition coefficient (Wildman–Crippen LogP) is 3.02. The topological polar surface area (TPSA) is 38.1 Å². The average molecular weight is 227 g/mol. The van der Waals surface area contributed by atoms with Crippen molar-refractivity contribution in [2.45, 2.75) is 6.42 Å². The molecule has 0 saturated heterocycles. The molecule has 14 heavy (non-hydrogen) atoms. The summed E-state index contributed by atoms with van der Waals surface area (Å²) < 4.78 is 5.95. The van der Waals surface area contributed by atoms with Crippen molar-refractivity contribution in [1.29, 1.82) is 0 Å². The number of hydrogen-bond acceptors (Lipinski definition) is 4. The van der Waals surface area contributed by atoms with Crippen molar-refractivity contribution in [3.63, 3.8) is 0 Å². The SMILES string of the molecule is Clc1ccc(-c2noc3c2CCN3)s1. The van der Waals surface area contributed by atoms with Gasteiger partial charge in [0.15, 0.2) is 0 Å². The zero-order chi connectivity index (χ0) is 9.54. The Kier molecular flexibility index (Phi) is 1.78. The highest BCUT2D eigenvalue weighted by molar-refractivity contribution is 7.19. The van der Waals surface area contributed by atoms with E-state index in [4.69, 9.17) is 16.1 Å². The van der Waals surface area contributed by atoms with Crippen molar-refractivity contribution in [2.75, 3.05) is 11.9 Å². The van der Waals surface area contributed by atoms with E-state index in [1.54, 1.807) is 0 Å². The number of fused-ring (bicyclic) bond motifs is 1. The Hall–Kier alpha value is -1.00. The van der Waals surface area contributed by atoms with E-state index in [-0.39, 0.29) is 0 Å². The van der Waals surface area contributed by atoms with Crippen LogP contribution in [0.15, 0.2) is 16.7 Å². The van der Waals surface area contributed by atoms with Crippen molar-refractivity contribution >= 4 is 28.8 Å². The monoisotopic (exact) mass is 226 g/mol. The van der Waals surface area contributed by atoms with Gasteiger partial charge in [-0.15, -0.1) is 11.3 Å². The van der Waals surface area contributed by atoms with Gasteiger partial charge in [-0.3, -0.25) is 0 Å². The van der Waals surface area contributed by atoms with Gasteiger partial charge >= 0.3 is 0 Å². The molecule has 3 nitrogen and oxygen atoms in total. The summed E-state index contributed by atoms with van der Waals surface area (Å²) >= 11 is 7.40. The maximum Gasteiger partial charge on any atom is 0.228 e. The van der Waals surface area contributed by atoms with Gasteiger partial charge in [0.2, 0.25) is 5.88 Å². The minimum absolute atomic E-state index is 0.780. The molecule has 1 N–H and O–H groups in total. The van der Waals surface area contributed by atoms with Crippen molar-refractivity contribution in [3.8, 4) is 10.6 Å². The average Bonchev–Trinajstić information content (AvgIpc) is 2.77. The number of aromatic nitrogens is 1. The lowest BCUT2D eigenvalue weighted by Crippen LogP contribution is -1.92. The molecule has 2 aromatic rings. The van der Waals surface area contributed by atoms with Crippen LogP contribution in [0.5, 0.6) is 0 Å². The molecule has 0 aliphatic carbocycles. The van der Waals surface area contributed by atoms with E-state index in [1.165, 1.54) is 16.9 Å². The van der Waals surface area contributed by atoms with Gasteiger partial charge in [-0.25, -0.2) is 0 Å². The highest BCUT2D eigenvalue weighted by Crippen LogP contribution is 2.37. The zero-order valence-electron chi connectivity index (χ0n) is 7.21. The fourth-order valence-corrected chi connectivity index (χ4v) is 2.67. The maximum atomic E-state index is 5.87. The van der Waals surface area contributed by atoms with Crippen LogP contribution < -0.4 is 5.32 Å². The molecule has 1 aliphatic heterocycles. The van der Waals surface area contributed by atoms with Crippen LogP contribution in [-0.2, 0) is 6.42 Å². The van der Waals surface area contributed by atoms with E-state index in [0.717, 1.165) is 33.8 Å². The van der Waals surface area contributed by atoms with E-state index in [2.05, 4.69) is 10.5 Å². The smallest absolute Gasteiger partial charge is 0.228 e. The number of thiophene rings is 1. The van der Waals surface area contributed by atoms with Crippen molar-refractivity contribution < 1.29 is 4.52 Å². The lowest BCUT2D eigenvalue weighted by Gasteiger charge is -1.90. The fraction of sp³-hybridized carbons (Fsp3) is 0.222. The lowest BCUT2D eigenvalue weighted by atomic mass is 10.2. The van der Waals surface area contributed by atoms with Crippen LogP contribution in [0.1, 0.15) is 5.56 Å². The van der Waals surface area contributed by atoms with E-state index in [1.807, 2.05) is 12.1 Å². The quantitative estimate of drug-likeness (QED) is 0.812. The number of rotatable bonds is 1. The molecule has 72 valence electrons. The van der Waals surface area contributed by atoms with E-state index in [0.29, 0.717) is 0 Å². The zero-order valence-corrected chi connectivity index (χ0v) is 8.78. The fourth-order valence-electron chi connectivity index (χ4n) is 1.62. The van der Waals surface area contributed by atoms with Crippen LogP contribution in [0.25, 0.3) is 10.6 Å². The summed E-state index contributed by atoms with van der Waals surface area (Å²) in [5, 5.41) is 7.18. The minimum atomic E-state index is 0.780. The Bertz CT molecular complexity index is 477. The molecule has 1 aliphatic rings. The molecule has 5 heteroatoms. The van der Waals surface area contributed by atoms with Gasteiger partial charge in [0.1, 0.15) is 5.69 Å². The van der Waals surface area contributed by atoms with Crippen molar-refractivity contribution in [1.82, 2.24) is 5.16 Å². The van der Waals surface area contributed by atoms with Crippen LogP contribution in [0, 0.1) is 0 Å². The maximum absolute atomic E-state index is 5.87. The minimum Gasteiger partial charge on any atom is -0.353 e. The van der Waals surface area contributed by atoms with Gasteiger partial charge in [0.05, 0.1) is 9.21 Å². The predicted molar refractivity (Wildman–Crippen MR) is 57.0 cm³/mol. The summed E-state index contributed by atoms with van der Waals surface area (Å²) in [6, 6.07) is 3.86. The summed E-state index contributed by atoms with van der Waals surface area (Å²) in [7, 11) is 0. The number of halogens is 1. The normalized spacial score (nSPS) is 14.1.